The summed E-state index contributed by atoms with van der Waals surface area (Å²) in [6.07, 6.45) is -0.989. The summed E-state index contributed by atoms with van der Waals surface area (Å²) in [5.41, 5.74) is 0.530. The molecule has 0 aliphatic carbocycles. The standard InChI is InChI=1S/C23H20F2N2O3.ClH/c24-17-7-1-14(2-8-17)20(29)13-26-23(16-5-9-18(25)10-6-16)21(27-22(23)30)15-3-11-19(28)12-4-15;/h1-12,20-21,26,28-29H,13H2,(H,27,30);1H/t20-,21+,23+;/m0./s1. The fraction of sp³-hybridized carbons (Fsp3) is 0.174. The van der Waals surface area contributed by atoms with Gasteiger partial charge in [0.1, 0.15) is 22.9 Å². The maximum atomic E-state index is 13.5. The van der Waals surface area contributed by atoms with Gasteiger partial charge in [-0.15, -0.1) is 12.4 Å². The van der Waals surface area contributed by atoms with Crippen molar-refractivity contribution in [2.45, 2.75) is 17.7 Å². The number of aliphatic hydroxyl groups excluding tert-OH is 1. The van der Waals surface area contributed by atoms with Crippen molar-refractivity contribution in [3.8, 4) is 5.75 Å². The summed E-state index contributed by atoms with van der Waals surface area (Å²) in [5, 5.41) is 26.1. The molecule has 31 heavy (non-hydrogen) atoms. The number of hydrogen-bond donors (Lipinski definition) is 4. The summed E-state index contributed by atoms with van der Waals surface area (Å²) in [4.78, 5) is 12.8. The lowest BCUT2D eigenvalue weighted by Gasteiger charge is -2.50. The van der Waals surface area contributed by atoms with E-state index in [1.807, 2.05) is 0 Å². The van der Waals surface area contributed by atoms with Gasteiger partial charge in [0.05, 0.1) is 12.1 Å². The number of amides is 1. The number of carbonyl (C=O) groups excluding carboxylic acids is 1. The Morgan fingerprint density at radius 1 is 0.935 bits per heavy atom. The van der Waals surface area contributed by atoms with Gasteiger partial charge in [-0.2, -0.15) is 0 Å². The van der Waals surface area contributed by atoms with Gasteiger partial charge < -0.3 is 15.5 Å². The average molecular weight is 447 g/mol. The van der Waals surface area contributed by atoms with Crippen LogP contribution in [-0.4, -0.2) is 22.7 Å². The zero-order valence-corrected chi connectivity index (χ0v) is 17.1. The van der Waals surface area contributed by atoms with Crippen LogP contribution in [0.3, 0.4) is 0 Å². The first-order valence-electron chi connectivity index (χ1n) is 9.44. The molecule has 5 nitrogen and oxygen atoms in total. The zero-order chi connectivity index (χ0) is 21.3. The maximum absolute atomic E-state index is 13.5. The number of nitrogens with one attached hydrogen (secondary N) is 2. The summed E-state index contributed by atoms with van der Waals surface area (Å²) in [5.74, 6) is -1.07. The van der Waals surface area contributed by atoms with Crippen LogP contribution < -0.4 is 10.6 Å². The fourth-order valence-corrected chi connectivity index (χ4v) is 3.76. The molecule has 1 aliphatic heterocycles. The van der Waals surface area contributed by atoms with Crippen molar-refractivity contribution in [3.05, 3.63) is 101 Å². The highest BCUT2D eigenvalue weighted by molar-refractivity contribution is 5.95. The van der Waals surface area contributed by atoms with Crippen LogP contribution in [0.1, 0.15) is 28.8 Å². The molecule has 8 heteroatoms. The van der Waals surface area contributed by atoms with E-state index in [1.165, 1.54) is 60.7 Å². The molecule has 4 rings (SSSR count). The van der Waals surface area contributed by atoms with E-state index in [0.29, 0.717) is 11.1 Å². The largest absolute Gasteiger partial charge is 0.508 e. The van der Waals surface area contributed by atoms with Gasteiger partial charge in [-0.25, -0.2) is 8.78 Å². The van der Waals surface area contributed by atoms with Crippen LogP contribution in [0.15, 0.2) is 72.8 Å². The Balaban J connectivity index is 0.00000272. The lowest BCUT2D eigenvalue weighted by molar-refractivity contribution is -0.141. The van der Waals surface area contributed by atoms with E-state index in [-0.39, 0.29) is 30.6 Å². The molecule has 3 atom stereocenters. The number of aliphatic hydroxyl groups is 1. The highest BCUT2D eigenvalue weighted by Crippen LogP contribution is 2.43. The molecule has 1 amide bonds. The minimum absolute atomic E-state index is 0. The minimum Gasteiger partial charge on any atom is -0.508 e. The predicted octanol–water partition coefficient (Wildman–Crippen LogP) is 3.48. The minimum atomic E-state index is -1.24. The Hall–Kier alpha value is -3.00. The normalized spacial score (nSPS) is 20.9. The molecule has 3 aromatic carbocycles. The lowest BCUT2D eigenvalue weighted by atomic mass is 9.72. The number of rotatable bonds is 6. The van der Waals surface area contributed by atoms with E-state index >= 15 is 0 Å². The molecule has 0 radical (unpaired) electrons. The summed E-state index contributed by atoms with van der Waals surface area (Å²) in [6.45, 7) is 0.00497. The van der Waals surface area contributed by atoms with Crippen LogP contribution in [0, 0.1) is 11.6 Å². The Bertz CT molecular complexity index is 1050. The summed E-state index contributed by atoms with van der Waals surface area (Å²) < 4.78 is 26.7. The maximum Gasteiger partial charge on any atom is 0.248 e. The molecule has 1 saturated heterocycles. The van der Waals surface area contributed by atoms with E-state index in [9.17, 15) is 23.8 Å². The Labute approximate surface area is 184 Å². The fourth-order valence-electron chi connectivity index (χ4n) is 3.76. The molecule has 3 aromatic rings. The van der Waals surface area contributed by atoms with Crippen molar-refractivity contribution in [1.29, 1.82) is 0 Å². The Morgan fingerprint density at radius 3 is 2.03 bits per heavy atom. The molecule has 162 valence electrons. The second-order valence-electron chi connectivity index (χ2n) is 7.26. The van der Waals surface area contributed by atoms with Gasteiger partial charge in [-0.1, -0.05) is 36.4 Å². The molecule has 4 N–H and O–H groups in total. The van der Waals surface area contributed by atoms with Crippen LogP contribution in [-0.2, 0) is 10.3 Å². The highest BCUT2D eigenvalue weighted by atomic mass is 35.5. The van der Waals surface area contributed by atoms with Crippen molar-refractivity contribution >= 4 is 18.3 Å². The van der Waals surface area contributed by atoms with Crippen molar-refractivity contribution in [3.63, 3.8) is 0 Å². The quantitative estimate of drug-likeness (QED) is 0.437. The topological polar surface area (TPSA) is 81.6 Å². The molecule has 1 heterocycles. The lowest BCUT2D eigenvalue weighted by Crippen LogP contribution is -2.71. The smallest absolute Gasteiger partial charge is 0.248 e. The van der Waals surface area contributed by atoms with Crippen molar-refractivity contribution in [2.24, 2.45) is 0 Å². The molecule has 0 unspecified atom stereocenters. The van der Waals surface area contributed by atoms with Crippen LogP contribution in [0.4, 0.5) is 8.78 Å². The molecular formula is C23H21ClF2N2O3. The summed E-state index contributed by atoms with van der Waals surface area (Å²) in [7, 11) is 0. The molecule has 1 aliphatic rings. The van der Waals surface area contributed by atoms with Gasteiger partial charge in [-0.3, -0.25) is 10.1 Å². The monoisotopic (exact) mass is 446 g/mol. The van der Waals surface area contributed by atoms with E-state index in [0.717, 1.165) is 5.56 Å². The highest BCUT2D eigenvalue weighted by Gasteiger charge is 2.56. The van der Waals surface area contributed by atoms with Crippen molar-refractivity contribution in [1.82, 2.24) is 10.6 Å². The van der Waals surface area contributed by atoms with Gasteiger partial charge in [-0.05, 0) is 53.1 Å². The molecule has 0 bridgehead atoms. The first kappa shape index (κ1) is 22.7. The van der Waals surface area contributed by atoms with Crippen molar-refractivity contribution in [2.75, 3.05) is 6.54 Å². The third kappa shape index (κ3) is 4.25. The Morgan fingerprint density at radius 2 is 1.48 bits per heavy atom. The van der Waals surface area contributed by atoms with Crippen LogP contribution in [0.2, 0.25) is 0 Å². The molecule has 1 fully saturated rings. The number of β-lactam (4-membered cyclic amide) rings is 1. The Kier molecular flexibility index (Phi) is 6.59. The SMILES string of the molecule is Cl.O=C1N[C@H](c2ccc(O)cc2)[C@]1(NC[C@H](O)c1ccc(F)cc1)c1ccc(F)cc1. The molecule has 0 saturated carbocycles. The van der Waals surface area contributed by atoms with Gasteiger partial charge in [0.25, 0.3) is 0 Å². The van der Waals surface area contributed by atoms with Gasteiger partial charge in [0, 0.05) is 6.54 Å². The third-order valence-electron chi connectivity index (χ3n) is 5.42. The number of hydrogen-bond acceptors (Lipinski definition) is 4. The average Bonchev–Trinajstić information content (AvgIpc) is 2.74. The van der Waals surface area contributed by atoms with Crippen LogP contribution >= 0.6 is 12.4 Å². The van der Waals surface area contributed by atoms with E-state index in [1.54, 1.807) is 12.1 Å². The second-order valence-corrected chi connectivity index (χ2v) is 7.26. The number of phenols is 1. The van der Waals surface area contributed by atoms with E-state index < -0.39 is 29.3 Å². The number of phenolic OH excluding ortho intramolecular Hbond substituents is 1. The number of halogens is 3. The molecule has 0 aromatic heterocycles. The van der Waals surface area contributed by atoms with Crippen LogP contribution in [0.25, 0.3) is 0 Å². The predicted molar refractivity (Wildman–Crippen MR) is 114 cm³/mol. The van der Waals surface area contributed by atoms with Crippen molar-refractivity contribution < 1.29 is 23.8 Å². The van der Waals surface area contributed by atoms with Gasteiger partial charge in [0.15, 0.2) is 0 Å². The number of aromatic hydroxyl groups is 1. The summed E-state index contributed by atoms with van der Waals surface area (Å²) >= 11 is 0. The molecule has 0 spiro atoms. The first-order chi connectivity index (χ1) is 14.4. The first-order valence-corrected chi connectivity index (χ1v) is 9.44. The summed E-state index contributed by atoms with van der Waals surface area (Å²) in [6, 6.07) is 17.0. The third-order valence-corrected chi connectivity index (χ3v) is 5.42. The van der Waals surface area contributed by atoms with Crippen LogP contribution in [0.5, 0.6) is 5.75 Å². The molecular weight excluding hydrogens is 426 g/mol. The second kappa shape index (κ2) is 9.01. The number of benzene rings is 3. The van der Waals surface area contributed by atoms with Gasteiger partial charge in [0.2, 0.25) is 5.91 Å². The van der Waals surface area contributed by atoms with E-state index in [4.69, 9.17) is 0 Å². The van der Waals surface area contributed by atoms with Gasteiger partial charge >= 0.3 is 0 Å². The van der Waals surface area contributed by atoms with E-state index in [2.05, 4.69) is 10.6 Å². The zero-order valence-electron chi connectivity index (χ0n) is 16.3. The number of carbonyl (C=O) groups is 1.